The highest BCUT2D eigenvalue weighted by atomic mass is 32.2. The molecule has 0 amide bonds. The number of nitrogens with two attached hydrogens (primary N) is 1. The lowest BCUT2D eigenvalue weighted by atomic mass is 9.81. The Morgan fingerprint density at radius 1 is 0.975 bits per heavy atom. The monoisotopic (exact) mass is 564 g/mol. The molecule has 1 saturated heterocycles. The van der Waals surface area contributed by atoms with E-state index in [1.165, 1.54) is 6.07 Å². The van der Waals surface area contributed by atoms with E-state index in [-0.39, 0.29) is 33.2 Å². The number of nitriles is 1. The number of benzene rings is 2. The van der Waals surface area contributed by atoms with Gasteiger partial charge in [-0.3, -0.25) is 4.90 Å². The van der Waals surface area contributed by atoms with Gasteiger partial charge >= 0.3 is 11.9 Å². The third-order valence-corrected chi connectivity index (χ3v) is 8.31. The molecule has 1 atom stereocenters. The van der Waals surface area contributed by atoms with Crippen LogP contribution in [0.1, 0.15) is 37.2 Å². The molecule has 2 aliphatic rings. The van der Waals surface area contributed by atoms with Gasteiger partial charge in [-0.25, -0.2) is 18.0 Å². The van der Waals surface area contributed by atoms with E-state index in [2.05, 4.69) is 11.0 Å². The molecule has 0 aromatic heterocycles. The summed E-state index contributed by atoms with van der Waals surface area (Å²) in [6.07, 6.45) is 5.19. The second kappa shape index (κ2) is 11.8. The first-order chi connectivity index (χ1) is 19.1. The van der Waals surface area contributed by atoms with Crippen molar-refractivity contribution in [2.75, 3.05) is 43.4 Å². The van der Waals surface area contributed by atoms with Gasteiger partial charge < -0.3 is 20.1 Å². The highest BCUT2D eigenvalue weighted by Crippen LogP contribution is 2.45. The van der Waals surface area contributed by atoms with Crippen LogP contribution in [0, 0.1) is 11.3 Å². The van der Waals surface area contributed by atoms with Crippen molar-refractivity contribution < 1.29 is 27.5 Å². The zero-order valence-corrected chi connectivity index (χ0v) is 23.5. The van der Waals surface area contributed by atoms with Crippen LogP contribution in [0.15, 0.2) is 76.1 Å². The van der Waals surface area contributed by atoms with E-state index < -0.39 is 27.7 Å². The van der Waals surface area contributed by atoms with Crippen LogP contribution in [0.5, 0.6) is 0 Å². The fourth-order valence-corrected chi connectivity index (χ4v) is 6.13. The van der Waals surface area contributed by atoms with Crippen molar-refractivity contribution in [2.45, 2.75) is 36.5 Å². The number of carbonyl (C=O) groups is 2. The van der Waals surface area contributed by atoms with Crippen molar-refractivity contribution in [2.24, 2.45) is 5.73 Å². The molecular weight excluding hydrogens is 532 g/mol. The van der Waals surface area contributed by atoms with Gasteiger partial charge in [-0.1, -0.05) is 43.2 Å². The highest BCUT2D eigenvalue weighted by molar-refractivity contribution is 7.90. The molecular formula is C29H32N4O6S. The summed E-state index contributed by atoms with van der Waals surface area (Å²) in [5.74, 6) is -3.08. The number of methoxy groups -OCH3 is 2. The fraction of sp³-hybridized carbons (Fsp3) is 0.345. The lowest BCUT2D eigenvalue weighted by Gasteiger charge is -2.37. The van der Waals surface area contributed by atoms with E-state index >= 15 is 0 Å². The molecule has 0 radical (unpaired) electrons. The van der Waals surface area contributed by atoms with Gasteiger partial charge in [0.05, 0.1) is 47.9 Å². The van der Waals surface area contributed by atoms with Gasteiger partial charge in [0.2, 0.25) is 0 Å². The SMILES string of the molecule is COC(=O)C1=C(C(=O)OC)N(c2cc(N3CCCCCC3)ccc2S(C)(=O)=O)C(N)=C(C#N)C1c1ccccc1. The van der Waals surface area contributed by atoms with Crippen LogP contribution in [0.4, 0.5) is 11.4 Å². The topological polar surface area (TPSA) is 143 Å². The third kappa shape index (κ3) is 5.40. The van der Waals surface area contributed by atoms with Crippen LogP contribution in [0.25, 0.3) is 0 Å². The van der Waals surface area contributed by atoms with Crippen molar-refractivity contribution in [3.63, 3.8) is 0 Å². The van der Waals surface area contributed by atoms with Crippen molar-refractivity contribution in [3.8, 4) is 6.07 Å². The predicted octanol–water partition coefficient (Wildman–Crippen LogP) is 3.37. The average Bonchev–Trinajstić information content (AvgIpc) is 3.25. The Morgan fingerprint density at radius 2 is 1.60 bits per heavy atom. The third-order valence-electron chi connectivity index (χ3n) is 7.16. The summed E-state index contributed by atoms with van der Waals surface area (Å²) < 4.78 is 36.2. The van der Waals surface area contributed by atoms with Crippen LogP contribution in [-0.2, 0) is 28.9 Å². The van der Waals surface area contributed by atoms with E-state index in [9.17, 15) is 23.3 Å². The summed E-state index contributed by atoms with van der Waals surface area (Å²) in [6, 6.07) is 15.5. The number of sulfone groups is 1. The minimum atomic E-state index is -3.86. The molecule has 210 valence electrons. The number of hydrogen-bond acceptors (Lipinski definition) is 10. The van der Waals surface area contributed by atoms with Crippen LogP contribution in [0.2, 0.25) is 0 Å². The van der Waals surface area contributed by atoms with E-state index in [4.69, 9.17) is 15.2 Å². The first-order valence-electron chi connectivity index (χ1n) is 12.9. The van der Waals surface area contributed by atoms with Crippen molar-refractivity contribution >= 4 is 33.2 Å². The molecule has 1 fully saturated rings. The number of ether oxygens (including phenoxy) is 2. The summed E-state index contributed by atoms with van der Waals surface area (Å²) in [4.78, 5) is 30.0. The van der Waals surface area contributed by atoms with Crippen LogP contribution < -0.4 is 15.5 Å². The highest BCUT2D eigenvalue weighted by Gasteiger charge is 2.44. The Morgan fingerprint density at radius 3 is 2.15 bits per heavy atom. The lowest BCUT2D eigenvalue weighted by Crippen LogP contribution is -2.41. The smallest absolute Gasteiger partial charge is 0.355 e. The predicted molar refractivity (Wildman–Crippen MR) is 150 cm³/mol. The molecule has 2 aliphatic heterocycles. The van der Waals surface area contributed by atoms with Gasteiger partial charge in [-0.05, 0) is 36.6 Å². The van der Waals surface area contributed by atoms with Gasteiger partial charge in [0.15, 0.2) is 9.84 Å². The largest absolute Gasteiger partial charge is 0.466 e. The van der Waals surface area contributed by atoms with Crippen molar-refractivity contribution in [1.29, 1.82) is 5.26 Å². The van der Waals surface area contributed by atoms with Crippen LogP contribution in [-0.4, -0.2) is 53.9 Å². The zero-order chi connectivity index (χ0) is 29.0. The fourth-order valence-electron chi connectivity index (χ4n) is 5.28. The number of nitrogens with zero attached hydrogens (tertiary/aromatic N) is 3. The summed E-state index contributed by atoms with van der Waals surface area (Å²) >= 11 is 0. The Balaban J connectivity index is 2.09. The van der Waals surface area contributed by atoms with Gasteiger partial charge in [-0.15, -0.1) is 0 Å². The number of rotatable bonds is 6. The van der Waals surface area contributed by atoms with Gasteiger partial charge in [0.25, 0.3) is 0 Å². The maximum absolute atomic E-state index is 13.4. The Labute approximate surface area is 234 Å². The number of anilines is 2. The zero-order valence-electron chi connectivity index (χ0n) is 22.7. The second-order valence-corrected chi connectivity index (χ2v) is 11.6. The molecule has 4 rings (SSSR count). The van der Waals surface area contributed by atoms with Gasteiger partial charge in [0.1, 0.15) is 11.5 Å². The number of hydrogen-bond donors (Lipinski definition) is 1. The molecule has 0 saturated carbocycles. The summed E-state index contributed by atoms with van der Waals surface area (Å²) in [5, 5.41) is 10.3. The molecule has 2 N–H and O–H groups in total. The van der Waals surface area contributed by atoms with E-state index in [1.807, 2.05) is 0 Å². The van der Waals surface area contributed by atoms with E-state index in [1.54, 1.807) is 42.5 Å². The minimum Gasteiger partial charge on any atom is -0.466 e. The van der Waals surface area contributed by atoms with E-state index in [0.717, 1.165) is 69.8 Å². The molecule has 10 nitrogen and oxygen atoms in total. The molecule has 0 spiro atoms. The minimum absolute atomic E-state index is 0.0304. The molecule has 2 aromatic rings. The van der Waals surface area contributed by atoms with Crippen molar-refractivity contribution in [1.82, 2.24) is 0 Å². The maximum Gasteiger partial charge on any atom is 0.355 e. The normalized spacial score (nSPS) is 18.2. The maximum atomic E-state index is 13.4. The molecule has 40 heavy (non-hydrogen) atoms. The summed E-state index contributed by atoms with van der Waals surface area (Å²) in [7, 11) is -1.56. The van der Waals surface area contributed by atoms with Crippen LogP contribution >= 0.6 is 0 Å². The second-order valence-electron chi connectivity index (χ2n) is 9.66. The molecule has 2 heterocycles. The Kier molecular flexibility index (Phi) is 8.49. The number of allylic oxidation sites excluding steroid dienone is 1. The first kappa shape index (κ1) is 28.7. The standard InChI is InChI=1S/C29H32N4O6S/c1-38-28(34)25-24(19-11-7-6-8-12-19)21(18-30)27(31)33(26(25)29(35)39-2)22-17-20(13-14-23(22)40(3,36)37)32-15-9-4-5-10-16-32/h6-8,11-14,17,24H,4-5,9-10,15-16,31H2,1-3H3. The van der Waals surface area contributed by atoms with E-state index in [0.29, 0.717) is 5.56 Å². The Bertz CT molecular complexity index is 1520. The average molecular weight is 565 g/mol. The summed E-state index contributed by atoms with van der Waals surface area (Å²) in [6.45, 7) is 1.55. The molecule has 0 bridgehead atoms. The molecule has 1 unspecified atom stereocenters. The molecule has 0 aliphatic carbocycles. The lowest BCUT2D eigenvalue weighted by molar-refractivity contribution is -0.139. The van der Waals surface area contributed by atoms with Crippen molar-refractivity contribution in [3.05, 3.63) is 76.8 Å². The molecule has 11 heteroatoms. The van der Waals surface area contributed by atoms with Gasteiger partial charge in [0, 0.05) is 25.0 Å². The Hall–Kier alpha value is -4.30. The number of carbonyl (C=O) groups excluding carboxylic acids is 2. The first-order valence-corrected chi connectivity index (χ1v) is 14.8. The van der Waals surface area contributed by atoms with Gasteiger partial charge in [-0.2, -0.15) is 5.26 Å². The quantitative estimate of drug-likeness (QED) is 0.519. The number of esters is 2. The van der Waals surface area contributed by atoms with Crippen LogP contribution in [0.3, 0.4) is 0 Å². The summed E-state index contributed by atoms with van der Waals surface area (Å²) in [5.41, 5.74) is 7.35. The molecule has 2 aromatic carbocycles.